The molecule has 2 saturated heterocycles. The lowest BCUT2D eigenvalue weighted by Gasteiger charge is -2.23. The summed E-state index contributed by atoms with van der Waals surface area (Å²) in [5.74, 6) is -1.46. The van der Waals surface area contributed by atoms with E-state index in [4.69, 9.17) is 0 Å². The molecule has 2 heterocycles. The Morgan fingerprint density at radius 1 is 1.25 bits per heavy atom. The molecule has 0 spiro atoms. The second-order valence-corrected chi connectivity index (χ2v) is 11.4. The van der Waals surface area contributed by atoms with E-state index in [1.54, 1.807) is 4.90 Å². The van der Waals surface area contributed by atoms with Gasteiger partial charge in [0, 0.05) is 25.2 Å². The van der Waals surface area contributed by atoms with Crippen molar-refractivity contribution in [1.29, 1.82) is 0 Å². The molecule has 0 aromatic heterocycles. The molecule has 3 fully saturated rings. The van der Waals surface area contributed by atoms with Crippen LogP contribution >= 0.6 is 0 Å². The summed E-state index contributed by atoms with van der Waals surface area (Å²) in [5, 5.41) is 0. The number of sulfonamides is 2. The fourth-order valence-electron chi connectivity index (χ4n) is 3.97. The summed E-state index contributed by atoms with van der Waals surface area (Å²) in [5.41, 5.74) is 0.335. The van der Waals surface area contributed by atoms with Gasteiger partial charge in [0.15, 0.2) is 0 Å². The van der Waals surface area contributed by atoms with Gasteiger partial charge in [-0.1, -0.05) is 12.1 Å². The van der Waals surface area contributed by atoms with E-state index in [0.717, 1.165) is 4.31 Å². The molecular formula is C17H22FN3O5S2. The SMILES string of the molecule is O=C1[C@@H]2C[C@H](NS(=O)(=O)Cc3cccc(F)c3)CN2CCS(=O)(=O)N1C1CC1. The molecule has 1 N–H and O–H groups in total. The first kappa shape index (κ1) is 19.7. The van der Waals surface area contributed by atoms with E-state index in [9.17, 15) is 26.0 Å². The van der Waals surface area contributed by atoms with Gasteiger partial charge in [0.1, 0.15) is 5.82 Å². The summed E-state index contributed by atoms with van der Waals surface area (Å²) >= 11 is 0. The smallest absolute Gasteiger partial charge is 0.253 e. The average Bonchev–Trinajstić information content (AvgIpc) is 3.32. The maximum atomic E-state index is 13.3. The molecule has 11 heteroatoms. The summed E-state index contributed by atoms with van der Waals surface area (Å²) < 4.78 is 66.6. The van der Waals surface area contributed by atoms with Gasteiger partial charge in [-0.3, -0.25) is 9.69 Å². The number of benzene rings is 1. The number of amides is 1. The molecule has 3 aliphatic rings. The Hall–Kier alpha value is -1.56. The number of carbonyl (C=O) groups excluding carboxylic acids is 1. The molecule has 1 amide bonds. The molecule has 28 heavy (non-hydrogen) atoms. The van der Waals surface area contributed by atoms with Crippen molar-refractivity contribution in [3.63, 3.8) is 0 Å². The first-order valence-electron chi connectivity index (χ1n) is 9.19. The second kappa shape index (κ2) is 7.05. The normalized spacial score (nSPS) is 28.2. The van der Waals surface area contributed by atoms with E-state index in [2.05, 4.69) is 4.72 Å². The molecule has 154 valence electrons. The largest absolute Gasteiger partial charge is 0.289 e. The first-order valence-corrected chi connectivity index (χ1v) is 12.5. The lowest BCUT2D eigenvalue weighted by Crippen LogP contribution is -2.45. The lowest BCUT2D eigenvalue weighted by molar-refractivity contribution is -0.130. The van der Waals surface area contributed by atoms with Gasteiger partial charge in [-0.25, -0.2) is 30.3 Å². The van der Waals surface area contributed by atoms with Gasteiger partial charge in [0.25, 0.3) is 5.91 Å². The summed E-state index contributed by atoms with van der Waals surface area (Å²) in [6.07, 6.45) is 1.59. The average molecular weight is 432 g/mol. The van der Waals surface area contributed by atoms with Crippen LogP contribution in [-0.2, 0) is 30.6 Å². The highest BCUT2D eigenvalue weighted by atomic mass is 32.2. The molecule has 2 aliphatic heterocycles. The topological polar surface area (TPSA) is 104 Å². The molecule has 2 atom stereocenters. The first-order chi connectivity index (χ1) is 13.1. The third kappa shape index (κ3) is 4.07. The van der Waals surface area contributed by atoms with Crippen molar-refractivity contribution in [1.82, 2.24) is 13.9 Å². The number of rotatable bonds is 5. The van der Waals surface area contributed by atoms with Gasteiger partial charge in [0.2, 0.25) is 20.0 Å². The molecule has 8 nitrogen and oxygen atoms in total. The minimum atomic E-state index is -3.73. The third-order valence-corrected chi connectivity index (χ3v) is 8.49. The zero-order valence-corrected chi connectivity index (χ0v) is 16.8. The van der Waals surface area contributed by atoms with Gasteiger partial charge in [-0.15, -0.1) is 0 Å². The molecule has 1 aromatic carbocycles. The minimum Gasteiger partial charge on any atom is -0.289 e. The molecule has 1 aromatic rings. The van der Waals surface area contributed by atoms with Crippen molar-refractivity contribution in [2.24, 2.45) is 0 Å². The van der Waals surface area contributed by atoms with E-state index in [-0.39, 0.29) is 37.1 Å². The quantitative estimate of drug-likeness (QED) is 0.705. The highest BCUT2D eigenvalue weighted by Crippen LogP contribution is 2.34. The predicted octanol–water partition coefficient (Wildman–Crippen LogP) is 0.0224. The molecule has 4 rings (SSSR count). The van der Waals surface area contributed by atoms with E-state index in [1.807, 2.05) is 0 Å². The van der Waals surface area contributed by atoms with E-state index < -0.39 is 43.9 Å². The van der Waals surface area contributed by atoms with Crippen LogP contribution in [0.15, 0.2) is 24.3 Å². The minimum absolute atomic E-state index is 0.144. The predicted molar refractivity (Wildman–Crippen MR) is 99.6 cm³/mol. The van der Waals surface area contributed by atoms with Crippen LogP contribution in [0.25, 0.3) is 0 Å². The Kier molecular flexibility index (Phi) is 4.97. The van der Waals surface area contributed by atoms with Crippen molar-refractivity contribution >= 4 is 26.0 Å². The van der Waals surface area contributed by atoms with Crippen LogP contribution in [0, 0.1) is 5.82 Å². The maximum Gasteiger partial charge on any atom is 0.253 e. The zero-order chi connectivity index (χ0) is 20.1. The Labute approximate surface area is 163 Å². The Morgan fingerprint density at radius 2 is 2.00 bits per heavy atom. The van der Waals surface area contributed by atoms with Crippen LogP contribution in [-0.4, -0.2) is 68.9 Å². The third-order valence-electron chi connectivity index (χ3n) is 5.31. The summed E-state index contributed by atoms with van der Waals surface area (Å²) in [4.78, 5) is 14.6. The van der Waals surface area contributed by atoms with Crippen LogP contribution in [0.1, 0.15) is 24.8 Å². The number of nitrogens with zero attached hydrogens (tertiary/aromatic N) is 2. The van der Waals surface area contributed by atoms with Crippen molar-refractivity contribution in [2.75, 3.05) is 18.8 Å². The number of hydrogen-bond acceptors (Lipinski definition) is 6. The van der Waals surface area contributed by atoms with Crippen molar-refractivity contribution in [2.45, 2.75) is 43.1 Å². The zero-order valence-electron chi connectivity index (χ0n) is 15.1. The highest BCUT2D eigenvalue weighted by Gasteiger charge is 2.50. The summed E-state index contributed by atoms with van der Waals surface area (Å²) in [7, 11) is -7.35. The number of hydrogen-bond donors (Lipinski definition) is 1. The molecule has 0 bridgehead atoms. The standard InChI is InChI=1S/C17H22FN3O5S2/c18-13-3-1-2-12(8-13)11-27(23,24)19-14-9-16-17(22)21(15-4-5-15)28(25,26)7-6-20(16)10-14/h1-3,8,14-16,19H,4-7,9-11H2/t14-,16-/m0/s1. The molecule has 0 unspecified atom stereocenters. The second-order valence-electron chi connectivity index (χ2n) is 7.63. The monoisotopic (exact) mass is 431 g/mol. The van der Waals surface area contributed by atoms with Gasteiger partial charge in [-0.2, -0.15) is 0 Å². The Morgan fingerprint density at radius 3 is 2.68 bits per heavy atom. The summed E-state index contributed by atoms with van der Waals surface area (Å²) in [6.45, 7) is 0.469. The van der Waals surface area contributed by atoms with E-state index in [1.165, 1.54) is 24.3 Å². The fraction of sp³-hybridized carbons (Fsp3) is 0.588. The molecule has 1 saturated carbocycles. The van der Waals surface area contributed by atoms with Crippen LogP contribution in [0.3, 0.4) is 0 Å². The summed E-state index contributed by atoms with van der Waals surface area (Å²) in [6, 6.07) is 4.02. The van der Waals surface area contributed by atoms with Gasteiger partial charge < -0.3 is 0 Å². The number of nitrogens with one attached hydrogen (secondary N) is 1. The molecule has 0 radical (unpaired) electrons. The van der Waals surface area contributed by atoms with Crippen molar-refractivity contribution in [3.05, 3.63) is 35.6 Å². The Balaban J connectivity index is 1.46. The van der Waals surface area contributed by atoms with Crippen LogP contribution in [0.4, 0.5) is 4.39 Å². The van der Waals surface area contributed by atoms with E-state index in [0.29, 0.717) is 18.4 Å². The number of halogens is 1. The lowest BCUT2D eigenvalue weighted by atomic mass is 10.1. The fourth-order valence-corrected chi connectivity index (χ4v) is 7.07. The maximum absolute atomic E-state index is 13.3. The van der Waals surface area contributed by atoms with Crippen molar-refractivity contribution < 1.29 is 26.0 Å². The van der Waals surface area contributed by atoms with Crippen LogP contribution < -0.4 is 4.72 Å². The van der Waals surface area contributed by atoms with Crippen LogP contribution in [0.2, 0.25) is 0 Å². The van der Waals surface area contributed by atoms with E-state index >= 15 is 0 Å². The van der Waals surface area contributed by atoms with Gasteiger partial charge in [0.05, 0.1) is 17.5 Å². The highest BCUT2D eigenvalue weighted by molar-refractivity contribution is 7.89. The van der Waals surface area contributed by atoms with Gasteiger partial charge >= 0.3 is 0 Å². The van der Waals surface area contributed by atoms with Gasteiger partial charge in [-0.05, 0) is 37.0 Å². The Bertz CT molecular complexity index is 994. The van der Waals surface area contributed by atoms with Crippen LogP contribution in [0.5, 0.6) is 0 Å². The van der Waals surface area contributed by atoms with Crippen molar-refractivity contribution in [3.8, 4) is 0 Å². The number of carbonyl (C=O) groups is 1. The molecule has 1 aliphatic carbocycles. The number of fused-ring (bicyclic) bond motifs is 1. The molecular weight excluding hydrogens is 409 g/mol.